The van der Waals surface area contributed by atoms with Crippen LogP contribution in [0.5, 0.6) is 0 Å². The van der Waals surface area contributed by atoms with Gasteiger partial charge in [0.25, 0.3) is 0 Å². The van der Waals surface area contributed by atoms with E-state index in [9.17, 15) is 14.4 Å². The number of rotatable bonds is 53. The van der Waals surface area contributed by atoms with Gasteiger partial charge in [-0.05, 0) is 83.5 Å². The van der Waals surface area contributed by atoms with Crippen LogP contribution in [-0.4, -0.2) is 37.2 Å². The summed E-state index contributed by atoms with van der Waals surface area (Å²) < 4.78 is 16.8. The Kier molecular flexibility index (Phi) is 53.8. The first kappa shape index (κ1) is 64.4. The molecule has 0 aliphatic heterocycles. The van der Waals surface area contributed by atoms with Gasteiger partial charge in [0.05, 0.1) is 0 Å². The Morgan fingerprint density at radius 3 is 0.910 bits per heavy atom. The Morgan fingerprint density at radius 1 is 0.299 bits per heavy atom. The number of hydrogen-bond acceptors (Lipinski definition) is 6. The molecule has 0 bridgehead atoms. The van der Waals surface area contributed by atoms with E-state index in [4.69, 9.17) is 14.2 Å². The van der Waals surface area contributed by atoms with E-state index in [-0.39, 0.29) is 37.5 Å². The van der Waals surface area contributed by atoms with Crippen LogP contribution in [-0.2, 0) is 28.6 Å². The van der Waals surface area contributed by atoms with Gasteiger partial charge in [-0.1, -0.05) is 249 Å². The van der Waals surface area contributed by atoms with Gasteiger partial charge in [-0.15, -0.1) is 0 Å². The van der Waals surface area contributed by atoms with E-state index in [1.54, 1.807) is 0 Å². The molecule has 0 radical (unpaired) electrons. The van der Waals surface area contributed by atoms with Gasteiger partial charge in [-0.25, -0.2) is 0 Å². The molecular formula is C61H110O6. The maximum atomic E-state index is 12.8. The van der Waals surface area contributed by atoms with E-state index < -0.39 is 6.10 Å². The van der Waals surface area contributed by atoms with E-state index in [1.807, 2.05) is 0 Å². The zero-order valence-corrected chi connectivity index (χ0v) is 44.7. The molecule has 390 valence electrons. The van der Waals surface area contributed by atoms with Crippen LogP contribution < -0.4 is 0 Å². The van der Waals surface area contributed by atoms with Gasteiger partial charge in [0.1, 0.15) is 13.2 Å². The minimum absolute atomic E-state index is 0.0859. The lowest BCUT2D eigenvalue weighted by Gasteiger charge is -2.18. The Morgan fingerprint density at radius 2 is 0.537 bits per heavy atom. The lowest BCUT2D eigenvalue weighted by Crippen LogP contribution is -2.30. The molecule has 0 aliphatic rings. The molecule has 0 amide bonds. The van der Waals surface area contributed by atoms with Gasteiger partial charge in [0.2, 0.25) is 0 Å². The normalized spacial score (nSPS) is 12.3. The topological polar surface area (TPSA) is 78.9 Å². The second-order valence-electron chi connectivity index (χ2n) is 19.6. The maximum Gasteiger partial charge on any atom is 0.306 e. The van der Waals surface area contributed by atoms with Gasteiger partial charge >= 0.3 is 17.9 Å². The standard InChI is InChI=1S/C61H110O6/c1-4-7-10-13-16-19-22-25-28-29-30-31-34-36-39-42-45-48-51-54-60(63)66-57-58(67-61(64)55-52-49-46-43-40-37-33-27-24-21-18-15-12-9-6-3)56-65-59(62)53-50-47-44-41-38-35-32-26-23-20-17-14-11-8-5-2/h18,21,25,27-28,33,40,43,58H,4-17,19-20,22-24,26,29-32,34-39,41-42,44-57H2,1-3H3/b21-18-,28-25-,33-27-,43-40-/t58-/m0/s1. The Hall–Kier alpha value is -2.63. The first-order chi connectivity index (χ1) is 33.0. The molecule has 0 aromatic rings. The molecule has 0 saturated heterocycles. The number of carbonyl (C=O) groups is 3. The van der Waals surface area contributed by atoms with Crippen molar-refractivity contribution in [1.29, 1.82) is 0 Å². The largest absolute Gasteiger partial charge is 0.462 e. The van der Waals surface area contributed by atoms with Gasteiger partial charge in [0, 0.05) is 19.3 Å². The number of carbonyl (C=O) groups excluding carboxylic acids is 3. The van der Waals surface area contributed by atoms with E-state index in [0.29, 0.717) is 19.3 Å². The molecule has 67 heavy (non-hydrogen) atoms. The van der Waals surface area contributed by atoms with Crippen LogP contribution in [0.25, 0.3) is 0 Å². The quantitative estimate of drug-likeness (QED) is 0.0262. The molecule has 0 fully saturated rings. The third-order valence-corrected chi connectivity index (χ3v) is 12.8. The van der Waals surface area contributed by atoms with Gasteiger partial charge in [-0.3, -0.25) is 14.4 Å². The first-order valence-electron chi connectivity index (χ1n) is 29.1. The van der Waals surface area contributed by atoms with Crippen LogP contribution in [0.3, 0.4) is 0 Å². The summed E-state index contributed by atoms with van der Waals surface area (Å²) in [7, 11) is 0. The second kappa shape index (κ2) is 56.0. The fraction of sp³-hybridized carbons (Fsp3) is 0.820. The maximum absolute atomic E-state index is 12.8. The predicted molar refractivity (Wildman–Crippen MR) is 289 cm³/mol. The second-order valence-corrected chi connectivity index (χ2v) is 19.6. The summed E-state index contributed by atoms with van der Waals surface area (Å²) in [5.74, 6) is -0.912. The van der Waals surface area contributed by atoms with Gasteiger partial charge in [0.15, 0.2) is 6.10 Å². The zero-order chi connectivity index (χ0) is 48.6. The monoisotopic (exact) mass is 939 g/mol. The van der Waals surface area contributed by atoms with E-state index in [2.05, 4.69) is 69.4 Å². The van der Waals surface area contributed by atoms with Crippen molar-refractivity contribution in [1.82, 2.24) is 0 Å². The van der Waals surface area contributed by atoms with E-state index in [1.165, 1.54) is 193 Å². The lowest BCUT2D eigenvalue weighted by atomic mass is 10.0. The van der Waals surface area contributed by atoms with Crippen molar-refractivity contribution in [3.63, 3.8) is 0 Å². The molecule has 0 heterocycles. The fourth-order valence-corrected chi connectivity index (χ4v) is 8.39. The van der Waals surface area contributed by atoms with Crippen molar-refractivity contribution >= 4 is 17.9 Å². The molecule has 0 aromatic carbocycles. The van der Waals surface area contributed by atoms with E-state index in [0.717, 1.165) is 64.2 Å². The van der Waals surface area contributed by atoms with Crippen molar-refractivity contribution in [2.45, 2.75) is 309 Å². The van der Waals surface area contributed by atoms with Crippen molar-refractivity contribution in [2.75, 3.05) is 13.2 Å². The summed E-state index contributed by atoms with van der Waals surface area (Å²) in [4.78, 5) is 38.1. The number of unbranched alkanes of at least 4 members (excludes halogenated alkanes) is 34. The fourth-order valence-electron chi connectivity index (χ4n) is 8.39. The van der Waals surface area contributed by atoms with E-state index >= 15 is 0 Å². The minimum atomic E-state index is -0.791. The minimum Gasteiger partial charge on any atom is -0.462 e. The number of allylic oxidation sites excluding steroid dienone is 8. The molecule has 6 heteroatoms. The highest BCUT2D eigenvalue weighted by Crippen LogP contribution is 2.16. The summed E-state index contributed by atoms with van der Waals surface area (Å²) in [5.41, 5.74) is 0. The van der Waals surface area contributed by atoms with Crippen molar-refractivity contribution in [3.05, 3.63) is 48.6 Å². The summed E-state index contributed by atoms with van der Waals surface area (Å²) >= 11 is 0. The SMILES string of the molecule is CCCCC/C=C\C/C=C\C/C=C\CCCCC(=O)O[C@H](COC(=O)CCCCCCCCCCC/C=C\CCCCCCCC)COC(=O)CCCCCCCCCCCCCCCCC. The third kappa shape index (κ3) is 54.2. The molecule has 0 unspecified atom stereocenters. The highest BCUT2D eigenvalue weighted by Gasteiger charge is 2.19. The number of esters is 3. The molecule has 0 aliphatic carbocycles. The summed E-state index contributed by atoms with van der Waals surface area (Å²) in [6.45, 7) is 6.61. The average Bonchev–Trinajstić information content (AvgIpc) is 3.33. The lowest BCUT2D eigenvalue weighted by molar-refractivity contribution is -0.167. The number of ether oxygens (including phenoxy) is 3. The molecule has 0 rings (SSSR count). The van der Waals surface area contributed by atoms with Crippen LogP contribution >= 0.6 is 0 Å². The van der Waals surface area contributed by atoms with Crippen molar-refractivity contribution in [2.24, 2.45) is 0 Å². The third-order valence-electron chi connectivity index (χ3n) is 12.8. The summed E-state index contributed by atoms with van der Waals surface area (Å²) in [6, 6.07) is 0. The summed E-state index contributed by atoms with van der Waals surface area (Å²) in [6.07, 6.45) is 68.2. The van der Waals surface area contributed by atoms with Crippen LogP contribution in [0.15, 0.2) is 48.6 Å². The van der Waals surface area contributed by atoms with Crippen LogP contribution in [0.4, 0.5) is 0 Å². The number of hydrogen-bond donors (Lipinski definition) is 0. The Balaban J connectivity index is 4.38. The molecule has 1 atom stereocenters. The summed E-state index contributed by atoms with van der Waals surface area (Å²) in [5, 5.41) is 0. The smallest absolute Gasteiger partial charge is 0.306 e. The zero-order valence-electron chi connectivity index (χ0n) is 44.7. The van der Waals surface area contributed by atoms with Gasteiger partial charge in [-0.2, -0.15) is 0 Å². The highest BCUT2D eigenvalue weighted by molar-refractivity contribution is 5.71. The van der Waals surface area contributed by atoms with Gasteiger partial charge < -0.3 is 14.2 Å². The van der Waals surface area contributed by atoms with Crippen LogP contribution in [0.1, 0.15) is 303 Å². The Labute approximate surface area is 416 Å². The first-order valence-corrected chi connectivity index (χ1v) is 29.1. The highest BCUT2D eigenvalue weighted by atomic mass is 16.6. The van der Waals surface area contributed by atoms with Crippen molar-refractivity contribution in [3.8, 4) is 0 Å². The molecule has 0 spiro atoms. The molecular weight excluding hydrogens is 829 g/mol. The average molecular weight is 940 g/mol. The molecule has 0 aromatic heterocycles. The molecule has 0 saturated carbocycles. The molecule has 6 nitrogen and oxygen atoms in total. The van der Waals surface area contributed by atoms with Crippen LogP contribution in [0, 0.1) is 0 Å². The molecule has 0 N–H and O–H groups in total. The van der Waals surface area contributed by atoms with Crippen molar-refractivity contribution < 1.29 is 28.6 Å². The Bertz CT molecular complexity index is 1170. The predicted octanol–water partition coefficient (Wildman–Crippen LogP) is 19.4. The van der Waals surface area contributed by atoms with Crippen LogP contribution in [0.2, 0.25) is 0 Å².